The van der Waals surface area contributed by atoms with E-state index in [1.54, 1.807) is 0 Å². The minimum Gasteiger partial charge on any atom is -0.0654 e. The highest BCUT2D eigenvalue weighted by Crippen LogP contribution is 3.01. The molecular weight excluding hydrogens is 336 g/mol. The minimum atomic E-state index is 0.513. The van der Waals surface area contributed by atoms with Crippen molar-refractivity contribution in [3.63, 3.8) is 0 Å². The van der Waals surface area contributed by atoms with Gasteiger partial charge in [-0.3, -0.25) is 0 Å². The van der Waals surface area contributed by atoms with Crippen molar-refractivity contribution in [3.05, 3.63) is 0 Å². The molecule has 0 aromatic carbocycles. The lowest BCUT2D eigenvalue weighted by molar-refractivity contribution is -0.470. The molecule has 6 rings (SSSR count). The zero-order valence-corrected chi connectivity index (χ0v) is 20.7. The zero-order chi connectivity index (χ0) is 20.7. The first-order valence-corrected chi connectivity index (χ1v) is 12.9. The summed E-state index contributed by atoms with van der Waals surface area (Å²) in [5.41, 5.74) is 3.24. The van der Waals surface area contributed by atoms with Gasteiger partial charge in [0.15, 0.2) is 0 Å². The van der Waals surface area contributed by atoms with E-state index in [0.29, 0.717) is 32.5 Å². The molecule has 0 aromatic heterocycles. The summed E-state index contributed by atoms with van der Waals surface area (Å²) in [6.07, 6.45) is 8.78. The molecule has 160 valence electrons. The van der Waals surface area contributed by atoms with Crippen LogP contribution in [0.1, 0.15) is 108 Å². The molecule has 0 saturated heterocycles. The summed E-state index contributed by atoms with van der Waals surface area (Å²) in [6.45, 7) is 26.7. The standard InChI is InChI=1S/C28H48/c1-11-13-19-18-14-15-23(5,6)28-21(18)20(17(3)4)27(28,10)26(9)16-24(7,22(19)28)25(26,8)12-2/h17-22H,11-16H2,1-10H3. The second-order valence-corrected chi connectivity index (χ2v) is 14.0. The lowest BCUT2D eigenvalue weighted by atomic mass is 9.10. The van der Waals surface area contributed by atoms with Crippen LogP contribution in [0.4, 0.5) is 0 Å². The number of hydrogen-bond donors (Lipinski definition) is 0. The van der Waals surface area contributed by atoms with Gasteiger partial charge in [0, 0.05) is 0 Å². The summed E-state index contributed by atoms with van der Waals surface area (Å²) in [4.78, 5) is 0. The molecule has 28 heavy (non-hydrogen) atoms. The number of hydrogen-bond acceptors (Lipinski definition) is 0. The Morgan fingerprint density at radius 1 is 0.964 bits per heavy atom. The molecule has 10 unspecified atom stereocenters. The van der Waals surface area contributed by atoms with E-state index in [2.05, 4.69) is 69.2 Å². The predicted molar refractivity (Wildman–Crippen MR) is 120 cm³/mol. The van der Waals surface area contributed by atoms with Gasteiger partial charge in [-0.2, -0.15) is 0 Å². The summed E-state index contributed by atoms with van der Waals surface area (Å²) in [7, 11) is 0. The Balaban J connectivity index is 1.84. The third-order valence-corrected chi connectivity index (χ3v) is 13.7. The second-order valence-electron chi connectivity index (χ2n) is 14.0. The molecule has 0 heteroatoms. The van der Waals surface area contributed by atoms with Gasteiger partial charge in [-0.1, -0.05) is 82.1 Å². The van der Waals surface area contributed by atoms with Crippen molar-refractivity contribution < 1.29 is 0 Å². The summed E-state index contributed by atoms with van der Waals surface area (Å²) >= 11 is 0. The van der Waals surface area contributed by atoms with Gasteiger partial charge in [0.1, 0.15) is 0 Å². The lowest BCUT2D eigenvalue weighted by Crippen LogP contribution is -2.89. The molecule has 6 aliphatic carbocycles. The van der Waals surface area contributed by atoms with E-state index in [-0.39, 0.29) is 0 Å². The van der Waals surface area contributed by atoms with E-state index in [0.717, 1.165) is 35.5 Å². The molecular formula is C28H48. The molecule has 0 amide bonds. The molecule has 6 fully saturated rings. The molecule has 6 aliphatic rings. The van der Waals surface area contributed by atoms with Gasteiger partial charge >= 0.3 is 0 Å². The fourth-order valence-electron chi connectivity index (χ4n) is 13.1. The van der Waals surface area contributed by atoms with Crippen LogP contribution in [0.25, 0.3) is 0 Å². The van der Waals surface area contributed by atoms with Gasteiger partial charge in [0.2, 0.25) is 0 Å². The maximum atomic E-state index is 2.84. The van der Waals surface area contributed by atoms with Crippen molar-refractivity contribution in [1.29, 1.82) is 0 Å². The Bertz CT molecular complexity index is 703. The van der Waals surface area contributed by atoms with Crippen molar-refractivity contribution in [2.75, 3.05) is 0 Å². The van der Waals surface area contributed by atoms with Crippen LogP contribution in [0.15, 0.2) is 0 Å². The molecule has 0 heterocycles. The minimum absolute atomic E-state index is 0.513. The van der Waals surface area contributed by atoms with Crippen molar-refractivity contribution in [2.45, 2.75) is 108 Å². The van der Waals surface area contributed by atoms with Gasteiger partial charge in [-0.15, -0.1) is 0 Å². The van der Waals surface area contributed by atoms with Crippen molar-refractivity contribution >= 4 is 0 Å². The predicted octanol–water partition coefficient (Wildman–Crippen LogP) is 8.21. The Morgan fingerprint density at radius 2 is 1.61 bits per heavy atom. The lowest BCUT2D eigenvalue weighted by Gasteiger charge is -2.94. The van der Waals surface area contributed by atoms with E-state index in [1.165, 1.54) is 38.5 Å². The van der Waals surface area contributed by atoms with Crippen LogP contribution in [-0.4, -0.2) is 0 Å². The van der Waals surface area contributed by atoms with Crippen LogP contribution in [0.2, 0.25) is 0 Å². The van der Waals surface area contributed by atoms with E-state index in [9.17, 15) is 0 Å². The number of rotatable bonds is 4. The van der Waals surface area contributed by atoms with E-state index < -0.39 is 0 Å². The molecule has 0 N–H and O–H groups in total. The fourth-order valence-corrected chi connectivity index (χ4v) is 13.1. The monoisotopic (exact) mass is 384 g/mol. The molecule has 0 nitrogen and oxygen atoms in total. The topological polar surface area (TPSA) is 0 Å². The SMILES string of the molecule is CCCC1C2CCC(C)(C)C34C2C(C(C)C)C3(C)C2(C)CC(C)(C14)C2(C)CC. The maximum Gasteiger partial charge on any atom is -0.0114 e. The normalized spacial score (nSPS) is 62.9. The van der Waals surface area contributed by atoms with Crippen LogP contribution in [0.3, 0.4) is 0 Å². The van der Waals surface area contributed by atoms with Gasteiger partial charge < -0.3 is 0 Å². The highest BCUT2D eigenvalue weighted by Gasteiger charge is 2.96. The van der Waals surface area contributed by atoms with Gasteiger partial charge in [-0.25, -0.2) is 0 Å². The molecule has 0 radical (unpaired) electrons. The molecule has 1 spiro atoms. The van der Waals surface area contributed by atoms with Crippen LogP contribution in [0, 0.1) is 68.0 Å². The van der Waals surface area contributed by atoms with Crippen molar-refractivity contribution in [1.82, 2.24) is 0 Å². The first kappa shape index (κ1) is 19.9. The fraction of sp³-hybridized carbons (Fsp3) is 1.00. The Labute approximate surface area is 176 Å². The van der Waals surface area contributed by atoms with Crippen LogP contribution in [0.5, 0.6) is 0 Å². The summed E-state index contributed by atoms with van der Waals surface area (Å²) in [5.74, 6) is 5.80. The molecule has 0 aliphatic heterocycles. The van der Waals surface area contributed by atoms with Crippen LogP contribution < -0.4 is 0 Å². The molecule has 6 saturated carbocycles. The largest absolute Gasteiger partial charge is 0.0654 e. The van der Waals surface area contributed by atoms with E-state index >= 15 is 0 Å². The Hall–Kier alpha value is 0. The van der Waals surface area contributed by atoms with E-state index in [1.807, 2.05) is 0 Å². The first-order valence-electron chi connectivity index (χ1n) is 12.9. The van der Waals surface area contributed by atoms with Gasteiger partial charge in [0.25, 0.3) is 0 Å². The summed E-state index contributed by atoms with van der Waals surface area (Å²) < 4.78 is 0. The Kier molecular flexibility index (Phi) is 3.61. The molecule has 4 bridgehead atoms. The third kappa shape index (κ3) is 1.42. The molecule has 0 aromatic rings. The average Bonchev–Trinajstić information content (AvgIpc) is 2.81. The smallest absolute Gasteiger partial charge is 0.0114 e. The molecule has 10 atom stereocenters. The van der Waals surface area contributed by atoms with Crippen molar-refractivity contribution in [3.8, 4) is 0 Å². The summed E-state index contributed by atoms with van der Waals surface area (Å²) in [6, 6.07) is 0. The first-order chi connectivity index (χ1) is 12.9. The van der Waals surface area contributed by atoms with E-state index in [4.69, 9.17) is 0 Å². The third-order valence-electron chi connectivity index (χ3n) is 13.7. The quantitative estimate of drug-likeness (QED) is 0.458. The van der Waals surface area contributed by atoms with Gasteiger partial charge in [0.05, 0.1) is 0 Å². The Morgan fingerprint density at radius 3 is 2.14 bits per heavy atom. The zero-order valence-electron chi connectivity index (χ0n) is 20.7. The van der Waals surface area contributed by atoms with Crippen molar-refractivity contribution in [2.24, 2.45) is 68.0 Å². The highest BCUT2D eigenvalue weighted by molar-refractivity contribution is 5.43. The second kappa shape index (κ2) is 5.07. The average molecular weight is 385 g/mol. The van der Waals surface area contributed by atoms with Crippen LogP contribution >= 0.6 is 0 Å². The van der Waals surface area contributed by atoms with Gasteiger partial charge in [-0.05, 0) is 93.7 Å². The maximum absolute atomic E-state index is 2.84. The van der Waals surface area contributed by atoms with Crippen LogP contribution in [-0.2, 0) is 0 Å². The highest BCUT2D eigenvalue weighted by atomic mass is 15.0. The summed E-state index contributed by atoms with van der Waals surface area (Å²) in [5, 5.41) is 0.